The molecule has 1 aliphatic heterocycles. The smallest absolute Gasteiger partial charge is 0.147 e. The molecule has 70 heavy (non-hydrogen) atoms. The lowest BCUT2D eigenvalue weighted by molar-refractivity contribution is 0.261. The quantitative estimate of drug-likeness (QED) is 0.177. The summed E-state index contributed by atoms with van der Waals surface area (Å²) in [5, 5.41) is 7.94. The Morgan fingerprint density at radius 2 is 1.31 bits per heavy atom. The number of fused-ring (bicyclic) bond motifs is 16. The SMILES string of the molecule is C1=CC2=C(c3ccc4ccccc4c3)c3ccccc3[C@H](c3cc(-c4cc5c6ccccc6oc5c5c6c(oc45)CCC=C6)cc(C4C=c5c(oc6ccccc56)=C5c6ccccc6OC54)c3)C2C=C1. The summed E-state index contributed by atoms with van der Waals surface area (Å²) in [6.07, 6.45) is 17.6. The highest BCUT2D eigenvalue weighted by molar-refractivity contribution is 6.20. The lowest BCUT2D eigenvalue weighted by Gasteiger charge is -2.37. The first-order valence-electron chi connectivity index (χ1n) is 24.6. The molecular formula is C66H42O4. The molecule has 0 bridgehead atoms. The van der Waals surface area contributed by atoms with Gasteiger partial charge in [-0.05, 0) is 92.1 Å². The Balaban J connectivity index is 0.986. The molecule has 4 atom stereocenters. The molecule has 0 saturated heterocycles. The van der Waals surface area contributed by atoms with E-state index in [1.54, 1.807) is 0 Å². The number of para-hydroxylation sites is 3. The van der Waals surface area contributed by atoms with Gasteiger partial charge in [-0.25, -0.2) is 0 Å². The number of furan rings is 3. The Labute approximate surface area is 402 Å². The van der Waals surface area contributed by atoms with Crippen LogP contribution in [0.25, 0.3) is 89.1 Å². The summed E-state index contributed by atoms with van der Waals surface area (Å²) in [5.74, 6) is 1.81. The number of ether oxygens (including phenoxy) is 1. The van der Waals surface area contributed by atoms with Crippen molar-refractivity contribution < 1.29 is 18.0 Å². The molecule has 4 aliphatic carbocycles. The molecule has 11 aromatic rings. The van der Waals surface area contributed by atoms with Crippen molar-refractivity contribution >= 4 is 77.9 Å². The van der Waals surface area contributed by atoms with Gasteiger partial charge in [0.15, 0.2) is 0 Å². The van der Waals surface area contributed by atoms with Crippen LogP contribution in [-0.4, -0.2) is 6.10 Å². The number of hydrogen-bond acceptors (Lipinski definition) is 4. The normalized spacial score (nSPS) is 19.6. The summed E-state index contributed by atoms with van der Waals surface area (Å²) in [7, 11) is 0. The standard InChI is InChI=1S/C66H42O4/c1-2-16-38-31-39(30-29-37(38)15-1)59-45-19-3-5-21-47(45)60(48-22-6-4-20-46(48)59)42-33-40(51-35-53-43-17-7-11-25-55(43)67-65(53)61-49-23-9-13-27-57(49)69-63(51)61)32-41(34-42)52-36-54-44-18-8-12-26-56(44)68-66(54)62-50-24-10-14-28-58(50)70-64(52)62/h1-13,15-27,29-36,47,51,60,63H,14,28H2/t47?,51?,60-,63?/m1/s1. The number of rotatable bonds is 4. The third-order valence-corrected chi connectivity index (χ3v) is 15.9. The van der Waals surface area contributed by atoms with E-state index in [9.17, 15) is 0 Å². The Kier molecular flexibility index (Phi) is 7.93. The second-order valence-corrected chi connectivity index (χ2v) is 19.6. The number of benzene rings is 8. The number of aryl methyl sites for hydroxylation is 1. The first kappa shape index (κ1) is 38.4. The minimum Gasteiger partial charge on any atom is -0.484 e. The molecule has 4 heterocycles. The second-order valence-electron chi connectivity index (χ2n) is 19.6. The number of allylic oxidation sites excluding steroid dienone is 6. The molecule has 0 fully saturated rings. The van der Waals surface area contributed by atoms with Gasteiger partial charge in [0, 0.05) is 67.8 Å². The molecule has 0 spiro atoms. The maximum absolute atomic E-state index is 7.12. The minimum absolute atomic E-state index is 0.00363. The van der Waals surface area contributed by atoms with Crippen LogP contribution in [0.2, 0.25) is 0 Å². The highest BCUT2D eigenvalue weighted by atomic mass is 16.5. The summed E-state index contributed by atoms with van der Waals surface area (Å²) in [5.41, 5.74) is 18.7. The molecule has 330 valence electrons. The van der Waals surface area contributed by atoms with E-state index >= 15 is 0 Å². The molecule has 16 rings (SSSR count). The van der Waals surface area contributed by atoms with Crippen molar-refractivity contribution in [3.05, 3.63) is 255 Å². The minimum atomic E-state index is -0.305. The van der Waals surface area contributed by atoms with Gasteiger partial charge in [-0.3, -0.25) is 0 Å². The zero-order valence-corrected chi connectivity index (χ0v) is 38.0. The van der Waals surface area contributed by atoms with E-state index < -0.39 is 0 Å². The molecule has 0 N–H and O–H groups in total. The van der Waals surface area contributed by atoms with E-state index in [4.69, 9.17) is 18.0 Å². The van der Waals surface area contributed by atoms with Crippen LogP contribution in [0.5, 0.6) is 5.75 Å². The van der Waals surface area contributed by atoms with Crippen LogP contribution in [0.15, 0.2) is 213 Å². The van der Waals surface area contributed by atoms with Crippen LogP contribution in [0, 0.1) is 5.92 Å². The lowest BCUT2D eigenvalue weighted by atomic mass is 9.66. The van der Waals surface area contributed by atoms with E-state index in [0.717, 1.165) is 107 Å². The predicted molar refractivity (Wildman–Crippen MR) is 282 cm³/mol. The van der Waals surface area contributed by atoms with Gasteiger partial charge in [-0.15, -0.1) is 0 Å². The fourth-order valence-electron chi connectivity index (χ4n) is 12.8. The van der Waals surface area contributed by atoms with Gasteiger partial charge < -0.3 is 18.0 Å². The van der Waals surface area contributed by atoms with Crippen LogP contribution in [0.4, 0.5) is 0 Å². The van der Waals surface area contributed by atoms with Crippen LogP contribution >= 0.6 is 0 Å². The average molecular weight is 899 g/mol. The van der Waals surface area contributed by atoms with Crippen LogP contribution in [-0.2, 0) is 6.42 Å². The maximum Gasteiger partial charge on any atom is 0.147 e. The summed E-state index contributed by atoms with van der Waals surface area (Å²) < 4.78 is 27.8. The van der Waals surface area contributed by atoms with Crippen LogP contribution in [0.3, 0.4) is 0 Å². The summed E-state index contributed by atoms with van der Waals surface area (Å²) in [6.45, 7) is 0. The predicted octanol–water partition coefficient (Wildman–Crippen LogP) is 15.1. The van der Waals surface area contributed by atoms with E-state index in [2.05, 4.69) is 206 Å². The average Bonchev–Trinajstić information content (AvgIpc) is 4.20. The van der Waals surface area contributed by atoms with E-state index in [1.807, 2.05) is 0 Å². The third kappa shape index (κ3) is 5.42. The van der Waals surface area contributed by atoms with Gasteiger partial charge >= 0.3 is 0 Å². The zero-order chi connectivity index (χ0) is 45.6. The largest absolute Gasteiger partial charge is 0.484 e. The molecule has 5 aliphatic rings. The fourth-order valence-corrected chi connectivity index (χ4v) is 12.8. The van der Waals surface area contributed by atoms with Crippen molar-refractivity contribution in [1.82, 2.24) is 0 Å². The third-order valence-electron chi connectivity index (χ3n) is 15.9. The van der Waals surface area contributed by atoms with Gasteiger partial charge in [-0.1, -0.05) is 176 Å². The first-order chi connectivity index (χ1) is 34.7. The van der Waals surface area contributed by atoms with Crippen molar-refractivity contribution in [1.29, 1.82) is 0 Å². The first-order valence-corrected chi connectivity index (χ1v) is 24.6. The molecule has 3 unspecified atom stereocenters. The topological polar surface area (TPSA) is 48.7 Å². The molecule has 8 aromatic carbocycles. The Morgan fingerprint density at radius 1 is 0.529 bits per heavy atom. The second kappa shape index (κ2) is 14.5. The highest BCUT2D eigenvalue weighted by Gasteiger charge is 2.41. The summed E-state index contributed by atoms with van der Waals surface area (Å²) in [6, 6.07) is 59.8. The number of hydrogen-bond donors (Lipinski definition) is 0. The van der Waals surface area contributed by atoms with Gasteiger partial charge in [0.2, 0.25) is 0 Å². The lowest BCUT2D eigenvalue weighted by Crippen LogP contribution is -2.37. The molecule has 3 aromatic heterocycles. The van der Waals surface area contributed by atoms with Gasteiger partial charge in [-0.2, -0.15) is 0 Å². The molecule has 0 amide bonds. The van der Waals surface area contributed by atoms with Crippen LogP contribution in [0.1, 0.15) is 63.0 Å². The fraction of sp³-hybridized carbons (Fsp3) is 0.0909. The Bertz CT molecular complexity index is 4370. The molecule has 4 nitrogen and oxygen atoms in total. The summed E-state index contributed by atoms with van der Waals surface area (Å²) >= 11 is 0. The summed E-state index contributed by atoms with van der Waals surface area (Å²) in [4.78, 5) is 0. The van der Waals surface area contributed by atoms with Crippen molar-refractivity contribution in [2.75, 3.05) is 0 Å². The zero-order valence-electron chi connectivity index (χ0n) is 38.0. The van der Waals surface area contributed by atoms with Gasteiger partial charge in [0.25, 0.3) is 0 Å². The van der Waals surface area contributed by atoms with Crippen molar-refractivity contribution in [3.8, 4) is 16.9 Å². The highest BCUT2D eigenvalue weighted by Crippen LogP contribution is 2.53. The van der Waals surface area contributed by atoms with E-state index in [1.165, 1.54) is 49.7 Å². The van der Waals surface area contributed by atoms with E-state index in [-0.39, 0.29) is 23.9 Å². The van der Waals surface area contributed by atoms with Crippen molar-refractivity contribution in [3.63, 3.8) is 0 Å². The van der Waals surface area contributed by atoms with Crippen molar-refractivity contribution in [2.45, 2.75) is 30.8 Å². The monoisotopic (exact) mass is 898 g/mol. The Morgan fingerprint density at radius 3 is 2.24 bits per heavy atom. The molecule has 4 heteroatoms. The van der Waals surface area contributed by atoms with Gasteiger partial charge in [0.05, 0.1) is 5.39 Å². The Hall–Kier alpha value is -8.60. The maximum atomic E-state index is 7.12. The molecule has 0 radical (unpaired) electrons. The van der Waals surface area contributed by atoms with Crippen molar-refractivity contribution in [2.24, 2.45) is 5.92 Å². The van der Waals surface area contributed by atoms with Crippen LogP contribution < -0.4 is 15.4 Å². The van der Waals surface area contributed by atoms with Gasteiger partial charge in [0.1, 0.15) is 45.4 Å². The molecule has 0 saturated carbocycles. The van der Waals surface area contributed by atoms with E-state index in [0.29, 0.717) is 0 Å². The molecular weight excluding hydrogens is 857 g/mol.